The highest BCUT2D eigenvalue weighted by Crippen LogP contribution is 2.46. The van der Waals surface area contributed by atoms with Gasteiger partial charge < -0.3 is 13.3 Å². The van der Waals surface area contributed by atoms with Crippen LogP contribution in [0.3, 0.4) is 0 Å². The van der Waals surface area contributed by atoms with E-state index in [1.807, 2.05) is 115 Å². The van der Waals surface area contributed by atoms with Gasteiger partial charge >= 0.3 is 0 Å². The summed E-state index contributed by atoms with van der Waals surface area (Å²) in [7, 11) is 0. The Kier molecular flexibility index (Phi) is 5.86. The van der Waals surface area contributed by atoms with Gasteiger partial charge in [-0.1, -0.05) is 109 Å². The predicted molar refractivity (Wildman–Crippen MR) is 203 cm³/mol. The molecule has 0 atom stereocenters. The monoisotopic (exact) mass is 655 g/mol. The molecule has 51 heavy (non-hydrogen) atoms. The van der Waals surface area contributed by atoms with Crippen LogP contribution in [-0.4, -0.2) is 15.0 Å². The number of para-hydroxylation sites is 3. The van der Waals surface area contributed by atoms with E-state index in [1.54, 1.807) is 0 Å². The average Bonchev–Trinajstić information content (AvgIpc) is 3.89. The molecule has 0 saturated heterocycles. The highest BCUT2D eigenvalue weighted by molar-refractivity contribution is 6.19. The highest BCUT2D eigenvalue weighted by Gasteiger charge is 2.25. The van der Waals surface area contributed by atoms with E-state index in [0.717, 1.165) is 93.6 Å². The van der Waals surface area contributed by atoms with Crippen LogP contribution in [0.5, 0.6) is 0 Å². The van der Waals surface area contributed by atoms with Gasteiger partial charge in [0.2, 0.25) is 0 Å². The first-order valence-electron chi connectivity index (χ1n) is 16.9. The fourth-order valence-corrected chi connectivity index (χ4v) is 7.56. The lowest BCUT2D eigenvalue weighted by atomic mass is 9.92. The third-order valence-corrected chi connectivity index (χ3v) is 9.77. The van der Waals surface area contributed by atoms with Crippen molar-refractivity contribution in [1.82, 2.24) is 15.0 Å². The van der Waals surface area contributed by atoms with E-state index in [2.05, 4.69) is 36.4 Å². The van der Waals surface area contributed by atoms with Gasteiger partial charge in [0, 0.05) is 49.0 Å². The van der Waals surface area contributed by atoms with Crippen molar-refractivity contribution in [2.24, 2.45) is 0 Å². The SMILES string of the molecule is c1ccc(-c2nc(-c3cccc4oc5ccccc5c34)nc(-c3c(-c4cccc5oc6ccccc6c45)ccc4oc5ccccc5c34)n2)cc1. The van der Waals surface area contributed by atoms with Gasteiger partial charge in [-0.25, -0.2) is 15.0 Å². The summed E-state index contributed by atoms with van der Waals surface area (Å²) < 4.78 is 19.1. The molecule has 0 fully saturated rings. The maximum atomic E-state index is 6.47. The zero-order valence-electron chi connectivity index (χ0n) is 27.0. The molecule has 0 aliphatic heterocycles. The van der Waals surface area contributed by atoms with Crippen LogP contribution in [-0.2, 0) is 0 Å². The first kappa shape index (κ1) is 27.9. The normalized spacial score (nSPS) is 11.9. The Morgan fingerprint density at radius 3 is 1.41 bits per heavy atom. The van der Waals surface area contributed by atoms with Crippen LogP contribution in [0, 0.1) is 0 Å². The lowest BCUT2D eigenvalue weighted by Gasteiger charge is -2.14. The summed E-state index contributed by atoms with van der Waals surface area (Å²) in [4.78, 5) is 15.8. The van der Waals surface area contributed by atoms with Gasteiger partial charge in [-0.3, -0.25) is 0 Å². The molecule has 6 heteroatoms. The van der Waals surface area contributed by atoms with E-state index < -0.39 is 0 Å². The number of fused-ring (bicyclic) bond motifs is 9. The van der Waals surface area contributed by atoms with E-state index in [1.165, 1.54) is 0 Å². The molecule has 238 valence electrons. The van der Waals surface area contributed by atoms with Crippen LogP contribution in [0.25, 0.3) is 111 Å². The molecular weight excluding hydrogens is 631 g/mol. The Morgan fingerprint density at radius 1 is 0.294 bits per heavy atom. The van der Waals surface area contributed by atoms with Crippen molar-refractivity contribution in [2.45, 2.75) is 0 Å². The van der Waals surface area contributed by atoms with Crippen LogP contribution >= 0.6 is 0 Å². The van der Waals surface area contributed by atoms with Crippen molar-refractivity contribution >= 4 is 65.8 Å². The molecule has 11 rings (SSSR count). The molecule has 0 spiro atoms. The molecule has 0 unspecified atom stereocenters. The molecule has 0 N–H and O–H groups in total. The molecule has 4 aromatic heterocycles. The minimum Gasteiger partial charge on any atom is -0.456 e. The van der Waals surface area contributed by atoms with Crippen molar-refractivity contribution in [2.75, 3.05) is 0 Å². The summed E-state index contributed by atoms with van der Waals surface area (Å²) in [5.74, 6) is 1.67. The van der Waals surface area contributed by atoms with Crippen molar-refractivity contribution in [3.63, 3.8) is 0 Å². The van der Waals surface area contributed by atoms with E-state index in [0.29, 0.717) is 17.5 Å². The first-order chi connectivity index (χ1) is 25.3. The summed E-state index contributed by atoms with van der Waals surface area (Å²) in [6.07, 6.45) is 0. The van der Waals surface area contributed by atoms with E-state index in [4.69, 9.17) is 28.2 Å². The molecule has 0 aliphatic rings. The molecule has 0 saturated carbocycles. The Labute approximate surface area is 290 Å². The van der Waals surface area contributed by atoms with Gasteiger partial charge in [0.25, 0.3) is 0 Å². The predicted octanol–water partition coefficient (Wildman–Crippen LogP) is 12.2. The standard InChI is InChI=1S/C45H25N3O3/c1-2-12-26(13-3-1)43-46-44(32-18-11-23-37-40(32)30-15-5-8-20-34(30)50-37)48-45(47-43)42-28(24-25-38-41(42)31-16-6-9-21-35(31)51-38)27-17-10-22-36-39(27)29-14-4-7-19-33(29)49-36/h1-25H. The Balaban J connectivity index is 1.29. The van der Waals surface area contributed by atoms with Crippen LogP contribution in [0.1, 0.15) is 0 Å². The second kappa shape index (κ2) is 10.7. The largest absolute Gasteiger partial charge is 0.456 e. The van der Waals surface area contributed by atoms with Gasteiger partial charge in [-0.2, -0.15) is 0 Å². The summed E-state index contributed by atoms with van der Waals surface area (Å²) in [5.41, 5.74) is 9.40. The quantitative estimate of drug-likeness (QED) is 0.188. The average molecular weight is 656 g/mol. The van der Waals surface area contributed by atoms with Crippen molar-refractivity contribution < 1.29 is 13.3 Å². The first-order valence-corrected chi connectivity index (χ1v) is 16.9. The molecule has 0 amide bonds. The minimum atomic E-state index is 0.542. The highest BCUT2D eigenvalue weighted by atomic mass is 16.3. The number of aromatic nitrogens is 3. The smallest absolute Gasteiger partial charge is 0.165 e. The van der Waals surface area contributed by atoms with Crippen molar-refractivity contribution in [1.29, 1.82) is 0 Å². The van der Waals surface area contributed by atoms with E-state index in [9.17, 15) is 0 Å². The maximum Gasteiger partial charge on any atom is 0.165 e. The topological polar surface area (TPSA) is 78.1 Å². The van der Waals surface area contributed by atoms with Gasteiger partial charge in [0.1, 0.15) is 33.5 Å². The van der Waals surface area contributed by atoms with E-state index >= 15 is 0 Å². The van der Waals surface area contributed by atoms with Gasteiger partial charge in [0.05, 0.1) is 0 Å². The van der Waals surface area contributed by atoms with Crippen molar-refractivity contribution in [3.8, 4) is 45.3 Å². The number of hydrogen-bond donors (Lipinski definition) is 0. The molecule has 0 radical (unpaired) electrons. The molecule has 0 bridgehead atoms. The third-order valence-electron chi connectivity index (χ3n) is 9.77. The Bertz CT molecular complexity index is 3150. The van der Waals surface area contributed by atoms with Crippen LogP contribution < -0.4 is 0 Å². The van der Waals surface area contributed by atoms with Gasteiger partial charge in [-0.15, -0.1) is 0 Å². The van der Waals surface area contributed by atoms with Crippen molar-refractivity contribution in [3.05, 3.63) is 152 Å². The lowest BCUT2D eigenvalue weighted by Crippen LogP contribution is -2.02. The second-order valence-corrected chi connectivity index (χ2v) is 12.7. The number of nitrogens with zero attached hydrogens (tertiary/aromatic N) is 3. The Hall–Kier alpha value is -7.05. The number of hydrogen-bond acceptors (Lipinski definition) is 6. The van der Waals surface area contributed by atoms with Gasteiger partial charge in [-0.05, 0) is 53.6 Å². The lowest BCUT2D eigenvalue weighted by molar-refractivity contribution is 0.668. The molecule has 0 aliphatic carbocycles. The zero-order chi connectivity index (χ0) is 33.5. The zero-order valence-corrected chi connectivity index (χ0v) is 27.0. The molecule has 6 nitrogen and oxygen atoms in total. The number of rotatable bonds is 4. The molecule has 4 heterocycles. The fraction of sp³-hybridized carbons (Fsp3) is 0. The molecular formula is C45H25N3O3. The number of furan rings is 3. The maximum absolute atomic E-state index is 6.47. The van der Waals surface area contributed by atoms with Gasteiger partial charge in [0.15, 0.2) is 17.5 Å². The van der Waals surface area contributed by atoms with Crippen LogP contribution in [0.2, 0.25) is 0 Å². The second-order valence-electron chi connectivity index (χ2n) is 12.7. The van der Waals surface area contributed by atoms with Crippen LogP contribution in [0.15, 0.2) is 165 Å². The Morgan fingerprint density at radius 2 is 0.765 bits per heavy atom. The summed E-state index contributed by atoms with van der Waals surface area (Å²) in [5, 5.41) is 5.98. The summed E-state index contributed by atoms with van der Waals surface area (Å²) in [6, 6.07) is 50.9. The summed E-state index contributed by atoms with van der Waals surface area (Å²) in [6.45, 7) is 0. The number of benzene rings is 7. The third kappa shape index (κ3) is 4.20. The van der Waals surface area contributed by atoms with E-state index in [-0.39, 0.29) is 0 Å². The minimum absolute atomic E-state index is 0.542. The fourth-order valence-electron chi connectivity index (χ4n) is 7.56. The molecule has 11 aromatic rings. The summed E-state index contributed by atoms with van der Waals surface area (Å²) >= 11 is 0. The van der Waals surface area contributed by atoms with Crippen LogP contribution in [0.4, 0.5) is 0 Å². The molecule has 7 aromatic carbocycles.